The second kappa shape index (κ2) is 11.4. The van der Waals surface area contributed by atoms with Gasteiger partial charge in [0, 0.05) is 52.1 Å². The van der Waals surface area contributed by atoms with Crippen molar-refractivity contribution in [1.29, 1.82) is 10.8 Å². The minimum Gasteiger partial charge on any atom is -0.493 e. The fourth-order valence-corrected chi connectivity index (χ4v) is 4.19. The number of likely N-dealkylation sites (N-methyl/N-ethyl adjacent to an activating group) is 1. The predicted molar refractivity (Wildman–Crippen MR) is 138 cm³/mol. The Kier molecular flexibility index (Phi) is 9.07. The number of hydrogen-bond acceptors (Lipinski definition) is 4. The van der Waals surface area contributed by atoms with Crippen molar-refractivity contribution < 1.29 is 26.6 Å². The molecule has 4 rings (SSSR count). The van der Waals surface area contributed by atoms with Crippen LogP contribution in [0.5, 0.6) is 5.75 Å². The Morgan fingerprint density at radius 2 is 1.79 bits per heavy atom. The van der Waals surface area contributed by atoms with Crippen LogP contribution in [0.3, 0.4) is 0 Å². The van der Waals surface area contributed by atoms with Crippen LogP contribution in [0.15, 0.2) is 72.4 Å². The number of ether oxygens (including phenoxy) is 1. The molecule has 0 spiro atoms. The molecule has 6 heteroatoms. The minimum absolute atomic E-state index is 0. The number of aliphatic hydroxyl groups is 1. The first kappa shape index (κ1) is 27.2. The molecule has 1 radical (unpaired) electrons. The number of nitrogens with one attached hydrogen (secondary N) is 2. The molecule has 1 heterocycles. The van der Waals surface area contributed by atoms with E-state index in [1.165, 1.54) is 33.9 Å². The predicted octanol–water partition coefficient (Wildman–Crippen LogP) is 6.70. The topological polar surface area (TPSA) is 80.4 Å². The van der Waals surface area contributed by atoms with Crippen LogP contribution < -0.4 is 9.64 Å². The zero-order chi connectivity index (χ0) is 24.2. The second-order valence-electron chi connectivity index (χ2n) is 9.17. The van der Waals surface area contributed by atoms with Crippen molar-refractivity contribution in [2.45, 2.75) is 33.1 Å². The third kappa shape index (κ3) is 5.69. The van der Waals surface area contributed by atoms with Crippen molar-refractivity contribution in [2.24, 2.45) is 5.92 Å². The fraction of sp³-hybridized carbons (Fsp3) is 0.286. The van der Waals surface area contributed by atoms with E-state index in [9.17, 15) is 0 Å². The second-order valence-corrected chi connectivity index (χ2v) is 9.17. The summed E-state index contributed by atoms with van der Waals surface area (Å²) in [6.45, 7) is 9.22. The van der Waals surface area contributed by atoms with Crippen LogP contribution in [-0.4, -0.2) is 30.9 Å². The molecule has 0 saturated heterocycles. The molecule has 3 aromatic rings. The molecule has 1 aliphatic rings. The molecule has 1 aliphatic heterocycles. The first-order valence-electron chi connectivity index (χ1n) is 11.1. The van der Waals surface area contributed by atoms with E-state index in [4.69, 9.17) is 20.7 Å². The SMILES string of the molecule is CC(C)COc1cccc(C(=N)O)c1.CN1/C(=C\C=N)C(C)(C)c2ccc3ccccc3c21.[Co]. The molecule has 34 heavy (non-hydrogen) atoms. The molecule has 0 saturated carbocycles. The molecule has 0 bridgehead atoms. The number of fused-ring (bicyclic) bond motifs is 3. The van der Waals surface area contributed by atoms with E-state index in [2.05, 4.69) is 76.0 Å². The van der Waals surface area contributed by atoms with E-state index < -0.39 is 5.90 Å². The Balaban J connectivity index is 0.000000245. The van der Waals surface area contributed by atoms with Gasteiger partial charge in [0.05, 0.1) is 12.3 Å². The summed E-state index contributed by atoms with van der Waals surface area (Å²) in [4.78, 5) is 2.22. The molecule has 181 valence electrons. The summed E-state index contributed by atoms with van der Waals surface area (Å²) in [5, 5.41) is 25.9. The van der Waals surface area contributed by atoms with Crippen LogP contribution in [0.2, 0.25) is 0 Å². The maximum Gasteiger partial charge on any atom is 0.210 e. The van der Waals surface area contributed by atoms with Crippen LogP contribution in [-0.2, 0) is 22.2 Å². The number of rotatable bonds is 5. The molecule has 0 fully saturated rings. The third-order valence-corrected chi connectivity index (χ3v) is 5.84. The van der Waals surface area contributed by atoms with Gasteiger partial charge in [-0.3, -0.25) is 5.41 Å². The Bertz CT molecular complexity index is 1200. The number of benzene rings is 3. The van der Waals surface area contributed by atoms with Gasteiger partial charge in [-0.15, -0.1) is 0 Å². The Labute approximate surface area is 212 Å². The molecule has 3 aromatic carbocycles. The largest absolute Gasteiger partial charge is 0.493 e. The molecule has 0 unspecified atom stereocenters. The molecule has 3 N–H and O–H groups in total. The Morgan fingerprint density at radius 1 is 1.09 bits per heavy atom. The van der Waals surface area contributed by atoms with Gasteiger partial charge in [-0.2, -0.15) is 0 Å². The van der Waals surface area contributed by atoms with Crippen LogP contribution in [0, 0.1) is 16.7 Å². The van der Waals surface area contributed by atoms with Crippen molar-refractivity contribution in [3.63, 3.8) is 0 Å². The van der Waals surface area contributed by atoms with Crippen molar-refractivity contribution in [3.8, 4) is 5.75 Å². The number of aliphatic hydroxyl groups excluding tert-OH is 1. The van der Waals surface area contributed by atoms with Gasteiger partial charge < -0.3 is 20.2 Å². The molecular formula is C28H33CoN3O2. The number of nitrogens with zero attached hydrogens (tertiary/aromatic N) is 1. The number of allylic oxidation sites excluding steroid dienone is 2. The number of hydrogen-bond donors (Lipinski definition) is 3. The Hall–Kier alpha value is -3.09. The third-order valence-electron chi connectivity index (χ3n) is 5.84. The van der Waals surface area contributed by atoms with Gasteiger partial charge >= 0.3 is 0 Å². The van der Waals surface area contributed by atoms with Gasteiger partial charge in [-0.1, -0.05) is 70.2 Å². The van der Waals surface area contributed by atoms with Crippen molar-refractivity contribution in [2.75, 3.05) is 18.6 Å². The fourth-order valence-electron chi connectivity index (χ4n) is 4.19. The van der Waals surface area contributed by atoms with E-state index in [-0.39, 0.29) is 22.2 Å². The van der Waals surface area contributed by atoms with Gasteiger partial charge in [-0.25, -0.2) is 0 Å². The molecule has 0 aromatic heterocycles. The van der Waals surface area contributed by atoms with Gasteiger partial charge in [0.2, 0.25) is 5.90 Å². The van der Waals surface area contributed by atoms with Gasteiger partial charge in [0.1, 0.15) is 5.75 Å². The van der Waals surface area contributed by atoms with Crippen molar-refractivity contribution in [3.05, 3.63) is 83.6 Å². The normalized spacial score (nSPS) is 14.8. The smallest absolute Gasteiger partial charge is 0.210 e. The monoisotopic (exact) mass is 502 g/mol. The Morgan fingerprint density at radius 3 is 2.44 bits per heavy atom. The summed E-state index contributed by atoms with van der Waals surface area (Å²) < 4.78 is 5.45. The molecule has 5 nitrogen and oxygen atoms in total. The van der Waals surface area contributed by atoms with Gasteiger partial charge in [0.25, 0.3) is 0 Å². The zero-order valence-electron chi connectivity index (χ0n) is 20.3. The summed E-state index contributed by atoms with van der Waals surface area (Å²) in [5.74, 6) is 0.724. The van der Waals surface area contributed by atoms with E-state index in [0.29, 0.717) is 23.8 Å². The standard InChI is InChI=1S/C17H18N2.C11H15NO2.Co/c1-17(2)14-9-8-12-6-4-5-7-13(12)16(14)19(3)15(17)10-11-18;1-8(2)7-14-10-5-3-4-9(6-10)11(12)13;/h4-11,18H,1-3H3;3-6,8H,7H2,1-2H3,(H2,12,13);/b15-10-,18-11?;;. The zero-order valence-corrected chi connectivity index (χ0v) is 21.4. The summed E-state index contributed by atoms with van der Waals surface area (Å²) in [7, 11) is 2.09. The van der Waals surface area contributed by atoms with Gasteiger partial charge in [0.15, 0.2) is 0 Å². The molecule has 0 atom stereocenters. The quantitative estimate of drug-likeness (QED) is 0.268. The summed E-state index contributed by atoms with van der Waals surface area (Å²) >= 11 is 0. The summed E-state index contributed by atoms with van der Waals surface area (Å²) in [6, 6.07) is 19.8. The van der Waals surface area contributed by atoms with E-state index in [1.807, 2.05) is 12.1 Å². The van der Waals surface area contributed by atoms with Crippen LogP contribution in [0.25, 0.3) is 10.8 Å². The van der Waals surface area contributed by atoms with E-state index >= 15 is 0 Å². The number of anilines is 1. The van der Waals surface area contributed by atoms with Gasteiger partial charge in [-0.05, 0) is 41.1 Å². The first-order chi connectivity index (χ1) is 15.7. The van der Waals surface area contributed by atoms with Crippen LogP contribution >= 0.6 is 0 Å². The average Bonchev–Trinajstić information content (AvgIpc) is 2.99. The van der Waals surface area contributed by atoms with Crippen molar-refractivity contribution in [1.82, 2.24) is 0 Å². The molecule has 0 aliphatic carbocycles. The minimum atomic E-state index is -0.431. The average molecular weight is 503 g/mol. The molecule has 0 amide bonds. The molecular weight excluding hydrogens is 469 g/mol. The van der Waals surface area contributed by atoms with Crippen LogP contribution in [0.4, 0.5) is 5.69 Å². The van der Waals surface area contributed by atoms with E-state index in [0.717, 1.165) is 0 Å². The maximum absolute atomic E-state index is 8.95. The first-order valence-corrected chi connectivity index (χ1v) is 11.1. The van der Waals surface area contributed by atoms with Crippen LogP contribution in [0.1, 0.15) is 38.8 Å². The van der Waals surface area contributed by atoms with E-state index in [1.54, 1.807) is 18.2 Å². The summed E-state index contributed by atoms with van der Waals surface area (Å²) in [6.07, 6.45) is 3.27. The maximum atomic E-state index is 8.95. The summed E-state index contributed by atoms with van der Waals surface area (Å²) in [5.41, 5.74) is 4.21. The van der Waals surface area contributed by atoms with Crippen molar-refractivity contribution >= 4 is 28.6 Å².